The highest BCUT2D eigenvalue weighted by Crippen LogP contribution is 2.26. The van der Waals surface area contributed by atoms with Crippen LogP contribution in [-0.2, 0) is 11.3 Å². The molecule has 0 bridgehead atoms. The van der Waals surface area contributed by atoms with E-state index >= 15 is 0 Å². The molecular formula is C12H7Cl3N4O4. The van der Waals surface area contributed by atoms with E-state index < -0.39 is 22.9 Å². The molecule has 23 heavy (non-hydrogen) atoms. The number of non-ortho nitro benzene ring substituents is 1. The Bertz CT molecular complexity index is 853. The maximum atomic E-state index is 11.9. The number of rotatable bonds is 4. The highest BCUT2D eigenvalue weighted by Gasteiger charge is 2.14. The van der Waals surface area contributed by atoms with E-state index in [1.807, 2.05) is 0 Å². The lowest BCUT2D eigenvalue weighted by atomic mass is 10.3. The molecule has 0 spiro atoms. The molecule has 2 aromatic rings. The SMILES string of the molecule is O=C(Cn1ncc(Cl)c(Cl)c1=O)Nc1cc([N+](=O)[O-])ccc1Cl. The van der Waals surface area contributed by atoms with E-state index in [-0.39, 0.29) is 26.4 Å². The maximum absolute atomic E-state index is 11.9. The fraction of sp³-hybridized carbons (Fsp3) is 0.0833. The summed E-state index contributed by atoms with van der Waals surface area (Å²) in [6, 6.07) is 3.58. The molecule has 1 N–H and O–H groups in total. The second-order valence-electron chi connectivity index (χ2n) is 4.24. The monoisotopic (exact) mass is 376 g/mol. The topological polar surface area (TPSA) is 107 Å². The van der Waals surface area contributed by atoms with Gasteiger partial charge in [-0.25, -0.2) is 4.68 Å². The van der Waals surface area contributed by atoms with Gasteiger partial charge in [0.1, 0.15) is 11.6 Å². The largest absolute Gasteiger partial charge is 0.323 e. The zero-order valence-electron chi connectivity index (χ0n) is 11.1. The number of amides is 1. The van der Waals surface area contributed by atoms with Crippen LogP contribution in [-0.4, -0.2) is 20.6 Å². The van der Waals surface area contributed by atoms with Gasteiger partial charge in [-0.15, -0.1) is 0 Å². The van der Waals surface area contributed by atoms with Crippen molar-refractivity contribution in [1.82, 2.24) is 9.78 Å². The molecule has 0 atom stereocenters. The third-order valence-electron chi connectivity index (χ3n) is 2.67. The van der Waals surface area contributed by atoms with Crippen LogP contribution in [0.3, 0.4) is 0 Å². The molecule has 0 saturated heterocycles. The summed E-state index contributed by atoms with van der Waals surface area (Å²) < 4.78 is 0.800. The first kappa shape index (κ1) is 17.2. The van der Waals surface area contributed by atoms with Crippen molar-refractivity contribution in [1.29, 1.82) is 0 Å². The molecule has 0 aliphatic rings. The van der Waals surface area contributed by atoms with Gasteiger partial charge < -0.3 is 5.32 Å². The van der Waals surface area contributed by atoms with Crippen molar-refractivity contribution in [3.05, 3.63) is 59.9 Å². The number of hydrogen-bond donors (Lipinski definition) is 1. The van der Waals surface area contributed by atoms with Gasteiger partial charge in [-0.2, -0.15) is 5.10 Å². The van der Waals surface area contributed by atoms with Crippen molar-refractivity contribution in [2.45, 2.75) is 6.54 Å². The molecular weight excluding hydrogens is 371 g/mol. The van der Waals surface area contributed by atoms with Crippen LogP contribution >= 0.6 is 34.8 Å². The minimum absolute atomic E-state index is 0.0324. The number of carbonyl (C=O) groups excluding carboxylic acids is 1. The highest BCUT2D eigenvalue weighted by molar-refractivity contribution is 6.41. The quantitative estimate of drug-likeness (QED) is 0.651. The summed E-state index contributed by atoms with van der Waals surface area (Å²) in [6.07, 6.45) is 1.12. The van der Waals surface area contributed by atoms with Gasteiger partial charge in [0.05, 0.1) is 26.9 Å². The number of nitrogens with zero attached hydrogens (tertiary/aromatic N) is 3. The summed E-state index contributed by atoms with van der Waals surface area (Å²) in [7, 11) is 0. The van der Waals surface area contributed by atoms with Gasteiger partial charge in [-0.3, -0.25) is 19.7 Å². The molecule has 120 valence electrons. The Morgan fingerprint density at radius 2 is 2.00 bits per heavy atom. The van der Waals surface area contributed by atoms with Crippen LogP contribution in [0.1, 0.15) is 0 Å². The highest BCUT2D eigenvalue weighted by atomic mass is 35.5. The minimum atomic E-state index is -0.737. The first-order valence-corrected chi connectivity index (χ1v) is 7.08. The predicted octanol–water partition coefficient (Wildman–Crippen LogP) is 2.75. The number of benzene rings is 1. The summed E-state index contributed by atoms with van der Waals surface area (Å²) in [6.45, 7) is -0.464. The second kappa shape index (κ2) is 6.95. The van der Waals surface area contributed by atoms with Crippen LogP contribution in [0.2, 0.25) is 15.1 Å². The third kappa shape index (κ3) is 3.98. The number of nitro groups is 1. The Hall–Kier alpha value is -2.16. The van der Waals surface area contributed by atoms with E-state index in [1.54, 1.807) is 0 Å². The fourth-order valence-electron chi connectivity index (χ4n) is 1.61. The van der Waals surface area contributed by atoms with Gasteiger partial charge in [0.25, 0.3) is 11.2 Å². The van der Waals surface area contributed by atoms with Crippen molar-refractivity contribution in [3.8, 4) is 0 Å². The van der Waals surface area contributed by atoms with Crippen molar-refractivity contribution in [2.75, 3.05) is 5.32 Å². The van der Waals surface area contributed by atoms with Crippen molar-refractivity contribution in [2.24, 2.45) is 0 Å². The van der Waals surface area contributed by atoms with E-state index in [2.05, 4.69) is 10.4 Å². The normalized spacial score (nSPS) is 10.4. The lowest BCUT2D eigenvalue weighted by Crippen LogP contribution is -2.29. The van der Waals surface area contributed by atoms with E-state index in [1.165, 1.54) is 12.1 Å². The zero-order valence-corrected chi connectivity index (χ0v) is 13.4. The van der Waals surface area contributed by atoms with Crippen molar-refractivity contribution in [3.63, 3.8) is 0 Å². The first-order chi connectivity index (χ1) is 10.8. The zero-order chi connectivity index (χ0) is 17.1. The fourth-order valence-corrected chi connectivity index (χ4v) is 2.04. The average Bonchev–Trinajstić information content (AvgIpc) is 2.50. The lowest BCUT2D eigenvalue weighted by molar-refractivity contribution is -0.384. The number of carbonyl (C=O) groups is 1. The van der Waals surface area contributed by atoms with Crippen LogP contribution in [0, 0.1) is 10.1 Å². The van der Waals surface area contributed by atoms with Crippen LogP contribution in [0.4, 0.5) is 11.4 Å². The van der Waals surface area contributed by atoms with Gasteiger partial charge in [0.15, 0.2) is 0 Å². The number of anilines is 1. The number of nitrogens with one attached hydrogen (secondary N) is 1. The number of halogens is 3. The molecule has 1 aromatic carbocycles. The van der Waals surface area contributed by atoms with Crippen LogP contribution in [0.5, 0.6) is 0 Å². The molecule has 1 heterocycles. The van der Waals surface area contributed by atoms with Crippen LogP contribution in [0.15, 0.2) is 29.2 Å². The molecule has 8 nitrogen and oxygen atoms in total. The van der Waals surface area contributed by atoms with Gasteiger partial charge >= 0.3 is 0 Å². The number of nitro benzene ring substituents is 1. The Morgan fingerprint density at radius 1 is 1.30 bits per heavy atom. The molecule has 1 amide bonds. The van der Waals surface area contributed by atoms with E-state index in [4.69, 9.17) is 34.8 Å². The van der Waals surface area contributed by atoms with Gasteiger partial charge in [-0.1, -0.05) is 34.8 Å². The predicted molar refractivity (Wildman–Crippen MR) is 85.3 cm³/mol. The molecule has 2 rings (SSSR count). The smallest absolute Gasteiger partial charge is 0.287 e. The Morgan fingerprint density at radius 3 is 2.65 bits per heavy atom. The third-order valence-corrected chi connectivity index (χ3v) is 3.75. The number of hydrogen-bond acceptors (Lipinski definition) is 5. The molecule has 0 saturated carbocycles. The summed E-state index contributed by atoms with van der Waals surface area (Å²) in [5.74, 6) is -0.666. The van der Waals surface area contributed by atoms with Crippen LogP contribution < -0.4 is 10.9 Å². The van der Waals surface area contributed by atoms with E-state index in [0.29, 0.717) is 0 Å². The Labute approximate surface area is 143 Å². The van der Waals surface area contributed by atoms with Gasteiger partial charge in [0.2, 0.25) is 5.91 Å². The minimum Gasteiger partial charge on any atom is -0.323 e. The molecule has 11 heteroatoms. The summed E-state index contributed by atoms with van der Waals surface area (Å²) >= 11 is 17.2. The Kier molecular flexibility index (Phi) is 5.19. The van der Waals surface area contributed by atoms with Gasteiger partial charge in [-0.05, 0) is 6.07 Å². The molecule has 0 unspecified atom stereocenters. The van der Waals surface area contributed by atoms with Crippen molar-refractivity contribution >= 4 is 52.1 Å². The number of aromatic nitrogens is 2. The maximum Gasteiger partial charge on any atom is 0.287 e. The molecule has 1 aromatic heterocycles. The summed E-state index contributed by atoms with van der Waals surface area (Å²) in [4.78, 5) is 33.8. The lowest BCUT2D eigenvalue weighted by Gasteiger charge is -2.08. The molecule has 0 fully saturated rings. The average molecular weight is 378 g/mol. The van der Waals surface area contributed by atoms with Crippen molar-refractivity contribution < 1.29 is 9.72 Å². The Balaban J connectivity index is 2.21. The first-order valence-electron chi connectivity index (χ1n) is 5.94. The second-order valence-corrected chi connectivity index (χ2v) is 5.43. The van der Waals surface area contributed by atoms with Gasteiger partial charge in [0, 0.05) is 12.1 Å². The van der Waals surface area contributed by atoms with Crippen LogP contribution in [0.25, 0.3) is 0 Å². The van der Waals surface area contributed by atoms with E-state index in [9.17, 15) is 19.7 Å². The molecule has 0 aliphatic heterocycles. The molecule has 0 aliphatic carbocycles. The molecule has 0 radical (unpaired) electrons. The summed E-state index contributed by atoms with van der Waals surface area (Å²) in [5, 5.41) is 16.6. The standard InChI is InChI=1S/C12H7Cl3N4O4/c13-7-2-1-6(19(22)23)3-9(7)17-10(20)5-18-12(21)11(15)8(14)4-16-18/h1-4H,5H2,(H,17,20). The van der Waals surface area contributed by atoms with E-state index in [0.717, 1.165) is 16.9 Å². The summed E-state index contributed by atoms with van der Waals surface area (Å²) in [5.41, 5.74) is -0.937.